The zero-order valence-electron chi connectivity index (χ0n) is 8.51. The van der Waals surface area contributed by atoms with Crippen LogP contribution in [0.3, 0.4) is 0 Å². The van der Waals surface area contributed by atoms with Gasteiger partial charge in [0.05, 0.1) is 5.56 Å². The maximum atomic E-state index is 11.5. The number of carbonyl (C=O) groups is 1. The minimum atomic E-state index is -0.990. The topological polar surface area (TPSA) is 59.3 Å². The molecule has 0 aliphatic heterocycles. The molecule has 0 saturated heterocycles. The minimum Gasteiger partial charge on any atom is -0.478 e. The zero-order valence-corrected chi connectivity index (χ0v) is 8.51. The summed E-state index contributed by atoms with van der Waals surface area (Å²) in [6, 6.07) is 2.86. The summed E-state index contributed by atoms with van der Waals surface area (Å²) in [6.45, 7) is 2.13. The third-order valence-electron chi connectivity index (χ3n) is 2.93. The molecule has 0 aromatic carbocycles. The Kier molecular flexibility index (Phi) is 2.34. The van der Waals surface area contributed by atoms with E-state index < -0.39 is 5.97 Å². The molecule has 1 aliphatic carbocycles. The maximum Gasteiger partial charge on any atom is 0.337 e. The fourth-order valence-corrected chi connectivity index (χ4v) is 2.00. The average molecular weight is 207 g/mol. The highest BCUT2D eigenvalue weighted by Crippen LogP contribution is 2.36. The Morgan fingerprint density at radius 1 is 1.47 bits per heavy atom. The van der Waals surface area contributed by atoms with Crippen molar-refractivity contribution in [2.75, 3.05) is 0 Å². The van der Waals surface area contributed by atoms with E-state index in [9.17, 15) is 9.59 Å². The molecule has 1 aromatic rings. The van der Waals surface area contributed by atoms with Crippen molar-refractivity contribution < 1.29 is 9.90 Å². The van der Waals surface area contributed by atoms with E-state index in [0.717, 1.165) is 12.8 Å². The molecule has 0 radical (unpaired) electrons. The fourth-order valence-electron chi connectivity index (χ4n) is 2.00. The van der Waals surface area contributed by atoms with Crippen LogP contribution in [-0.2, 0) is 0 Å². The second-order valence-electron chi connectivity index (χ2n) is 4.20. The van der Waals surface area contributed by atoms with Crippen molar-refractivity contribution >= 4 is 5.97 Å². The second-order valence-corrected chi connectivity index (χ2v) is 4.20. The molecule has 0 atom stereocenters. The quantitative estimate of drug-likeness (QED) is 0.799. The Labute approximate surface area is 87.2 Å². The summed E-state index contributed by atoms with van der Waals surface area (Å²) in [5, 5.41) is 8.81. The molecule has 0 bridgehead atoms. The van der Waals surface area contributed by atoms with Crippen LogP contribution in [-0.4, -0.2) is 15.6 Å². The van der Waals surface area contributed by atoms with E-state index in [-0.39, 0.29) is 17.2 Å². The molecule has 0 amide bonds. The van der Waals surface area contributed by atoms with Crippen molar-refractivity contribution in [2.24, 2.45) is 5.92 Å². The molecule has 2 rings (SSSR count). The van der Waals surface area contributed by atoms with Crippen molar-refractivity contribution in [2.45, 2.75) is 25.8 Å². The molecule has 1 aromatic heterocycles. The van der Waals surface area contributed by atoms with E-state index in [1.54, 1.807) is 4.57 Å². The highest BCUT2D eigenvalue weighted by Gasteiger charge is 2.27. The lowest BCUT2D eigenvalue weighted by molar-refractivity contribution is 0.0695. The normalized spacial score (nSPS) is 24.6. The summed E-state index contributed by atoms with van der Waals surface area (Å²) in [6.07, 6.45) is 3.37. The van der Waals surface area contributed by atoms with E-state index in [1.165, 1.54) is 18.3 Å². The number of carboxylic acid groups (broad SMARTS) is 1. The van der Waals surface area contributed by atoms with Gasteiger partial charge in [-0.3, -0.25) is 4.79 Å². The first-order valence-corrected chi connectivity index (χ1v) is 5.03. The molecule has 4 nitrogen and oxygen atoms in total. The highest BCUT2D eigenvalue weighted by atomic mass is 16.4. The predicted molar refractivity (Wildman–Crippen MR) is 55.1 cm³/mol. The van der Waals surface area contributed by atoms with E-state index in [4.69, 9.17) is 5.11 Å². The number of carboxylic acids is 1. The summed E-state index contributed by atoms with van der Waals surface area (Å²) < 4.78 is 1.55. The van der Waals surface area contributed by atoms with E-state index in [1.807, 2.05) is 0 Å². The molecular formula is C11H13NO3. The number of hydrogen-bond acceptors (Lipinski definition) is 2. The van der Waals surface area contributed by atoms with Gasteiger partial charge in [-0.05, 0) is 24.8 Å². The van der Waals surface area contributed by atoms with Gasteiger partial charge in [-0.25, -0.2) is 4.79 Å². The van der Waals surface area contributed by atoms with Gasteiger partial charge in [0.15, 0.2) is 0 Å². The zero-order chi connectivity index (χ0) is 11.0. The number of nitrogens with zero attached hydrogens (tertiary/aromatic N) is 1. The summed E-state index contributed by atoms with van der Waals surface area (Å²) in [5.74, 6) is -0.355. The summed E-state index contributed by atoms with van der Waals surface area (Å²) >= 11 is 0. The van der Waals surface area contributed by atoms with Crippen LogP contribution in [0.4, 0.5) is 0 Å². The van der Waals surface area contributed by atoms with Crippen LogP contribution in [0, 0.1) is 5.92 Å². The van der Waals surface area contributed by atoms with Gasteiger partial charge in [-0.15, -0.1) is 0 Å². The third kappa shape index (κ3) is 1.79. The molecule has 0 unspecified atom stereocenters. The maximum absolute atomic E-state index is 11.5. The van der Waals surface area contributed by atoms with Crippen molar-refractivity contribution in [3.8, 4) is 0 Å². The van der Waals surface area contributed by atoms with Crippen LogP contribution in [0.2, 0.25) is 0 Å². The van der Waals surface area contributed by atoms with Crippen molar-refractivity contribution in [3.05, 3.63) is 34.2 Å². The van der Waals surface area contributed by atoms with Gasteiger partial charge in [0.2, 0.25) is 0 Å². The van der Waals surface area contributed by atoms with E-state index in [0.29, 0.717) is 5.92 Å². The van der Waals surface area contributed by atoms with Crippen LogP contribution in [0.25, 0.3) is 0 Å². The largest absolute Gasteiger partial charge is 0.478 e. The molecule has 1 N–H and O–H groups in total. The summed E-state index contributed by atoms with van der Waals surface area (Å²) in [5.41, 5.74) is 0.0612. The first-order chi connectivity index (χ1) is 7.08. The molecule has 80 valence electrons. The van der Waals surface area contributed by atoms with E-state index in [2.05, 4.69) is 6.92 Å². The summed E-state index contributed by atoms with van der Waals surface area (Å²) in [4.78, 5) is 22.2. The van der Waals surface area contributed by atoms with Crippen LogP contribution >= 0.6 is 0 Å². The van der Waals surface area contributed by atoms with Gasteiger partial charge in [0.1, 0.15) is 0 Å². The van der Waals surface area contributed by atoms with Gasteiger partial charge in [0, 0.05) is 18.3 Å². The van der Waals surface area contributed by atoms with Gasteiger partial charge < -0.3 is 9.67 Å². The molecular weight excluding hydrogens is 194 g/mol. The Morgan fingerprint density at radius 2 is 2.13 bits per heavy atom. The van der Waals surface area contributed by atoms with Crippen LogP contribution in [0.5, 0.6) is 0 Å². The van der Waals surface area contributed by atoms with Crippen LogP contribution in [0.15, 0.2) is 23.1 Å². The molecule has 1 fully saturated rings. The monoisotopic (exact) mass is 207 g/mol. The lowest BCUT2D eigenvalue weighted by Gasteiger charge is -2.34. The Morgan fingerprint density at radius 3 is 2.67 bits per heavy atom. The van der Waals surface area contributed by atoms with Crippen molar-refractivity contribution in [1.29, 1.82) is 0 Å². The Balaban J connectivity index is 2.33. The minimum absolute atomic E-state index is 0.114. The first-order valence-electron chi connectivity index (χ1n) is 5.03. The van der Waals surface area contributed by atoms with E-state index >= 15 is 0 Å². The second kappa shape index (κ2) is 3.53. The van der Waals surface area contributed by atoms with Crippen molar-refractivity contribution in [1.82, 2.24) is 4.57 Å². The number of aromatic carboxylic acids is 1. The van der Waals surface area contributed by atoms with Crippen molar-refractivity contribution in [3.63, 3.8) is 0 Å². The molecule has 1 aliphatic rings. The lowest BCUT2D eigenvalue weighted by Crippen LogP contribution is -2.32. The molecule has 1 saturated carbocycles. The van der Waals surface area contributed by atoms with Crippen LogP contribution < -0.4 is 5.56 Å². The molecule has 4 heteroatoms. The average Bonchev–Trinajstić information content (AvgIpc) is 2.14. The number of rotatable bonds is 2. The number of pyridine rings is 1. The van der Waals surface area contributed by atoms with Crippen LogP contribution in [0.1, 0.15) is 36.2 Å². The third-order valence-corrected chi connectivity index (χ3v) is 2.93. The SMILES string of the molecule is CC1CC(n2cc(C(=O)O)ccc2=O)C1. The lowest BCUT2D eigenvalue weighted by atomic mass is 9.81. The number of hydrogen-bond donors (Lipinski definition) is 1. The van der Waals surface area contributed by atoms with Gasteiger partial charge in [-0.1, -0.05) is 6.92 Å². The molecule has 1 heterocycles. The Hall–Kier alpha value is -1.58. The highest BCUT2D eigenvalue weighted by molar-refractivity contribution is 5.87. The van der Waals surface area contributed by atoms with Gasteiger partial charge in [0.25, 0.3) is 5.56 Å². The van der Waals surface area contributed by atoms with Gasteiger partial charge >= 0.3 is 5.97 Å². The summed E-state index contributed by atoms with van der Waals surface area (Å²) in [7, 11) is 0. The number of aromatic nitrogens is 1. The first kappa shape index (κ1) is 9.96. The van der Waals surface area contributed by atoms with Gasteiger partial charge in [-0.2, -0.15) is 0 Å². The smallest absolute Gasteiger partial charge is 0.337 e. The predicted octanol–water partition coefficient (Wildman–Crippen LogP) is 1.52. The molecule has 0 spiro atoms. The fraction of sp³-hybridized carbons (Fsp3) is 0.455. The molecule has 15 heavy (non-hydrogen) atoms. The standard InChI is InChI=1S/C11H13NO3/c1-7-4-9(5-7)12-6-8(11(14)15)2-3-10(12)13/h2-3,6-7,9H,4-5H2,1H3,(H,14,15). The Bertz CT molecular complexity index is 443.